The molecule has 4 fully saturated rings. The van der Waals surface area contributed by atoms with Gasteiger partial charge in [-0.3, -0.25) is 4.79 Å². The summed E-state index contributed by atoms with van der Waals surface area (Å²) in [6.07, 6.45) is 9.48. The molecule has 31 heavy (non-hydrogen) atoms. The average molecular weight is 421 g/mol. The van der Waals surface area contributed by atoms with Gasteiger partial charge in [-0.2, -0.15) is 0 Å². The number of nitrogens with zero attached hydrogens (tertiary/aromatic N) is 3. The lowest BCUT2D eigenvalue weighted by Gasteiger charge is -2.60. The summed E-state index contributed by atoms with van der Waals surface area (Å²) >= 11 is 0. The van der Waals surface area contributed by atoms with Crippen molar-refractivity contribution in [3.05, 3.63) is 36.2 Å². The van der Waals surface area contributed by atoms with Gasteiger partial charge in [0.15, 0.2) is 5.82 Å². The minimum absolute atomic E-state index is 0.0326. The maximum absolute atomic E-state index is 13.1. The molecular formula is C25H32N4O2. The fraction of sp³-hybridized carbons (Fsp3) is 0.640. The lowest BCUT2D eigenvalue weighted by atomic mass is 9.47. The first-order valence-corrected chi connectivity index (χ1v) is 12.0. The lowest BCUT2D eigenvalue weighted by molar-refractivity contribution is -0.169. The number of amides is 1. The standard InChI is InChI=1S/C25H32N4O2/c30-22(15-24-11-17-10-18(12-24)14-25(31,13-17)16-24)26-20-6-7-21-27-28-23(29(21)9-8-20)19-4-2-1-3-5-19/h1-5,17-18,20,31H,6-16H2,(H,26,30). The molecular weight excluding hydrogens is 388 g/mol. The van der Waals surface area contributed by atoms with Gasteiger partial charge in [-0.25, -0.2) is 0 Å². The third-order valence-corrected chi connectivity index (χ3v) is 8.33. The second-order valence-corrected chi connectivity index (χ2v) is 10.9. The molecule has 0 radical (unpaired) electrons. The molecule has 4 saturated carbocycles. The maximum atomic E-state index is 13.1. The number of fused-ring (bicyclic) bond motifs is 1. The van der Waals surface area contributed by atoms with Gasteiger partial charge in [-0.1, -0.05) is 30.3 Å². The molecule has 2 heterocycles. The second kappa shape index (κ2) is 7.16. The Hall–Kier alpha value is -2.21. The summed E-state index contributed by atoms with van der Waals surface area (Å²) in [6, 6.07) is 10.4. The van der Waals surface area contributed by atoms with Crippen molar-refractivity contribution in [2.24, 2.45) is 17.3 Å². The SMILES string of the molecule is O=C(CC12CC3CC(CC(O)(C3)C1)C2)NC1CCc2nnc(-c3ccccc3)n2CC1. The Kier molecular flexibility index (Phi) is 4.50. The van der Waals surface area contributed by atoms with Crippen LogP contribution in [0.3, 0.4) is 0 Å². The van der Waals surface area contributed by atoms with Crippen molar-refractivity contribution in [2.45, 2.75) is 82.4 Å². The predicted molar refractivity (Wildman–Crippen MR) is 117 cm³/mol. The van der Waals surface area contributed by atoms with Gasteiger partial charge in [0, 0.05) is 31.0 Å². The molecule has 1 amide bonds. The van der Waals surface area contributed by atoms with E-state index in [1.807, 2.05) is 18.2 Å². The van der Waals surface area contributed by atoms with Gasteiger partial charge in [-0.05, 0) is 68.6 Å². The van der Waals surface area contributed by atoms with Crippen LogP contribution in [0.2, 0.25) is 0 Å². The predicted octanol–water partition coefficient (Wildman–Crippen LogP) is 3.49. The number of aryl methyl sites for hydroxylation is 1. The number of nitrogens with one attached hydrogen (secondary N) is 1. The third-order valence-electron chi connectivity index (χ3n) is 8.33. The number of benzene rings is 1. The Morgan fingerprint density at radius 1 is 1.10 bits per heavy atom. The Morgan fingerprint density at radius 3 is 2.61 bits per heavy atom. The summed E-state index contributed by atoms with van der Waals surface area (Å²) in [5.74, 6) is 3.36. The van der Waals surface area contributed by atoms with Crippen molar-refractivity contribution in [1.29, 1.82) is 0 Å². The summed E-state index contributed by atoms with van der Waals surface area (Å²) < 4.78 is 2.22. The van der Waals surface area contributed by atoms with E-state index >= 15 is 0 Å². The minimum atomic E-state index is -0.497. The molecule has 4 aliphatic carbocycles. The second-order valence-electron chi connectivity index (χ2n) is 10.9. The van der Waals surface area contributed by atoms with E-state index in [1.54, 1.807) is 0 Å². The molecule has 6 heteroatoms. The summed E-state index contributed by atoms with van der Waals surface area (Å²) in [5.41, 5.74) is 0.622. The van der Waals surface area contributed by atoms with Gasteiger partial charge in [-0.15, -0.1) is 10.2 Å². The molecule has 0 saturated heterocycles. The molecule has 2 aromatic rings. The fourth-order valence-corrected chi connectivity index (χ4v) is 7.66. The first-order valence-electron chi connectivity index (χ1n) is 12.0. The van der Waals surface area contributed by atoms with Crippen LogP contribution in [0.15, 0.2) is 30.3 Å². The van der Waals surface area contributed by atoms with Crippen molar-refractivity contribution in [3.63, 3.8) is 0 Å². The number of carbonyl (C=O) groups excluding carboxylic acids is 1. The van der Waals surface area contributed by atoms with Gasteiger partial charge in [0.25, 0.3) is 0 Å². The Labute approximate surface area is 183 Å². The molecule has 5 aliphatic rings. The Morgan fingerprint density at radius 2 is 1.87 bits per heavy atom. The smallest absolute Gasteiger partial charge is 0.220 e. The van der Waals surface area contributed by atoms with E-state index in [4.69, 9.17) is 0 Å². The normalized spacial score (nSPS) is 36.1. The Bertz CT molecular complexity index is 971. The zero-order valence-corrected chi connectivity index (χ0v) is 18.1. The van der Waals surface area contributed by atoms with Crippen molar-refractivity contribution < 1.29 is 9.90 Å². The molecule has 164 valence electrons. The van der Waals surface area contributed by atoms with E-state index < -0.39 is 5.60 Å². The van der Waals surface area contributed by atoms with E-state index in [2.05, 4.69) is 32.2 Å². The van der Waals surface area contributed by atoms with Gasteiger partial charge in [0.2, 0.25) is 5.91 Å². The van der Waals surface area contributed by atoms with Crippen molar-refractivity contribution >= 4 is 5.91 Å². The van der Waals surface area contributed by atoms with E-state index in [1.165, 1.54) is 6.42 Å². The highest BCUT2D eigenvalue weighted by molar-refractivity contribution is 5.77. The monoisotopic (exact) mass is 420 g/mol. The zero-order chi connectivity index (χ0) is 21.1. The molecule has 4 bridgehead atoms. The topological polar surface area (TPSA) is 80.0 Å². The highest BCUT2D eigenvalue weighted by atomic mass is 16.3. The van der Waals surface area contributed by atoms with Gasteiger partial charge in [0.05, 0.1) is 5.60 Å². The third kappa shape index (κ3) is 3.59. The molecule has 3 atom stereocenters. The molecule has 3 unspecified atom stereocenters. The van der Waals surface area contributed by atoms with Crippen LogP contribution in [-0.4, -0.2) is 37.4 Å². The molecule has 1 aromatic carbocycles. The number of aromatic nitrogens is 3. The quantitative estimate of drug-likeness (QED) is 0.794. The number of rotatable bonds is 4. The maximum Gasteiger partial charge on any atom is 0.220 e. The van der Waals surface area contributed by atoms with Crippen LogP contribution in [0, 0.1) is 17.3 Å². The van der Waals surface area contributed by atoms with Crippen LogP contribution in [-0.2, 0) is 17.8 Å². The Balaban J connectivity index is 1.11. The van der Waals surface area contributed by atoms with E-state index in [-0.39, 0.29) is 17.4 Å². The van der Waals surface area contributed by atoms with E-state index in [9.17, 15) is 9.90 Å². The van der Waals surface area contributed by atoms with Crippen molar-refractivity contribution in [1.82, 2.24) is 20.1 Å². The van der Waals surface area contributed by atoms with Crippen molar-refractivity contribution in [3.8, 4) is 11.4 Å². The summed E-state index contributed by atoms with van der Waals surface area (Å²) in [7, 11) is 0. The highest BCUT2D eigenvalue weighted by Crippen LogP contribution is 2.62. The van der Waals surface area contributed by atoms with Gasteiger partial charge in [0.1, 0.15) is 5.82 Å². The summed E-state index contributed by atoms with van der Waals surface area (Å²) in [6.45, 7) is 0.826. The minimum Gasteiger partial charge on any atom is -0.390 e. The van der Waals surface area contributed by atoms with Crippen LogP contribution in [0.5, 0.6) is 0 Å². The highest BCUT2D eigenvalue weighted by Gasteiger charge is 2.57. The van der Waals surface area contributed by atoms with Crippen LogP contribution in [0.25, 0.3) is 11.4 Å². The number of hydrogen-bond donors (Lipinski definition) is 2. The van der Waals surface area contributed by atoms with Crippen LogP contribution in [0.4, 0.5) is 0 Å². The van der Waals surface area contributed by atoms with Gasteiger partial charge >= 0.3 is 0 Å². The number of aliphatic hydroxyl groups is 1. The number of carbonyl (C=O) groups is 1. The molecule has 0 spiro atoms. The van der Waals surface area contributed by atoms with Crippen molar-refractivity contribution in [2.75, 3.05) is 0 Å². The van der Waals surface area contributed by atoms with E-state index in [0.29, 0.717) is 18.3 Å². The average Bonchev–Trinajstić information content (AvgIpc) is 3.01. The number of hydrogen-bond acceptors (Lipinski definition) is 4. The summed E-state index contributed by atoms with van der Waals surface area (Å²) in [4.78, 5) is 13.1. The largest absolute Gasteiger partial charge is 0.390 e. The zero-order valence-electron chi connectivity index (χ0n) is 18.1. The first-order chi connectivity index (χ1) is 15.0. The molecule has 6 nitrogen and oxygen atoms in total. The molecule has 1 aromatic heterocycles. The lowest BCUT2D eigenvalue weighted by Crippen LogP contribution is -2.56. The van der Waals surface area contributed by atoms with Crippen LogP contribution < -0.4 is 5.32 Å². The summed E-state index contributed by atoms with van der Waals surface area (Å²) in [5, 5.41) is 23.2. The first kappa shape index (κ1) is 19.5. The fourth-order valence-electron chi connectivity index (χ4n) is 7.66. The van der Waals surface area contributed by atoms with Crippen LogP contribution >= 0.6 is 0 Å². The molecule has 7 rings (SSSR count). The van der Waals surface area contributed by atoms with Crippen LogP contribution in [0.1, 0.15) is 63.6 Å². The molecule has 2 N–H and O–H groups in total. The van der Waals surface area contributed by atoms with E-state index in [0.717, 1.165) is 75.1 Å². The van der Waals surface area contributed by atoms with Gasteiger partial charge < -0.3 is 15.0 Å². The molecule has 1 aliphatic heterocycles.